The highest BCUT2D eigenvalue weighted by molar-refractivity contribution is 6.32. The first kappa shape index (κ1) is 10.7. The molecule has 16 heavy (non-hydrogen) atoms. The van der Waals surface area contributed by atoms with Crippen LogP contribution in [0.5, 0.6) is 0 Å². The molecule has 1 aromatic rings. The third-order valence-electron chi connectivity index (χ3n) is 2.38. The van der Waals surface area contributed by atoms with Gasteiger partial charge < -0.3 is 4.90 Å². The summed E-state index contributed by atoms with van der Waals surface area (Å²) in [4.78, 5) is 24.0. The second kappa shape index (κ2) is 3.95. The molecule has 1 fully saturated rings. The van der Waals surface area contributed by atoms with E-state index in [0.29, 0.717) is 5.69 Å². The molecule has 1 amide bonds. The summed E-state index contributed by atoms with van der Waals surface area (Å²) in [6.45, 7) is 0.0217. The van der Waals surface area contributed by atoms with Gasteiger partial charge in [-0.25, -0.2) is 0 Å². The number of amides is 1. The highest BCUT2D eigenvalue weighted by Gasteiger charge is 2.30. The Labute approximate surface area is 97.0 Å². The smallest absolute Gasteiger partial charge is 0.234 e. The number of nitrogens with zero attached hydrogens (tertiary/aromatic N) is 2. The topological polar surface area (TPSA) is 61.2 Å². The SMILES string of the molecule is N#Cc1c(Cl)cccc1N1CC(=O)CC1=O. The molecule has 1 aliphatic heterocycles. The van der Waals surface area contributed by atoms with Gasteiger partial charge in [0.25, 0.3) is 0 Å². The van der Waals surface area contributed by atoms with Gasteiger partial charge in [0.2, 0.25) is 5.91 Å². The number of benzene rings is 1. The van der Waals surface area contributed by atoms with Gasteiger partial charge in [0.05, 0.1) is 29.2 Å². The minimum atomic E-state index is -0.288. The van der Waals surface area contributed by atoms with E-state index in [2.05, 4.69) is 0 Å². The number of hydrogen-bond donors (Lipinski definition) is 0. The summed E-state index contributed by atoms with van der Waals surface area (Å²) in [5.74, 6) is -0.433. The largest absolute Gasteiger partial charge is 0.303 e. The molecule has 0 N–H and O–H groups in total. The van der Waals surface area contributed by atoms with Crippen molar-refractivity contribution in [3.8, 4) is 6.07 Å². The zero-order valence-corrected chi connectivity index (χ0v) is 8.99. The van der Waals surface area contributed by atoms with Crippen LogP contribution < -0.4 is 4.90 Å². The fourth-order valence-corrected chi connectivity index (χ4v) is 1.86. The van der Waals surface area contributed by atoms with Crippen molar-refractivity contribution in [1.29, 1.82) is 5.26 Å². The number of carbonyl (C=O) groups excluding carboxylic acids is 2. The Bertz CT molecular complexity index is 519. The predicted octanol–water partition coefficient (Wildman–Crippen LogP) is 1.52. The van der Waals surface area contributed by atoms with Gasteiger partial charge in [0, 0.05) is 0 Å². The van der Waals surface area contributed by atoms with E-state index in [1.807, 2.05) is 6.07 Å². The van der Waals surface area contributed by atoms with Crippen molar-refractivity contribution in [2.75, 3.05) is 11.4 Å². The molecule has 0 aliphatic carbocycles. The molecule has 1 heterocycles. The Morgan fingerprint density at radius 1 is 1.38 bits per heavy atom. The van der Waals surface area contributed by atoms with E-state index in [1.54, 1.807) is 18.2 Å². The average Bonchev–Trinajstić information content (AvgIpc) is 2.57. The van der Waals surface area contributed by atoms with Crippen LogP contribution in [0.4, 0.5) is 5.69 Å². The molecule has 1 aromatic carbocycles. The van der Waals surface area contributed by atoms with Gasteiger partial charge in [0.15, 0.2) is 5.78 Å². The lowest BCUT2D eigenvalue weighted by atomic mass is 10.2. The fraction of sp³-hybridized carbons (Fsp3) is 0.182. The van der Waals surface area contributed by atoms with Gasteiger partial charge in [-0.3, -0.25) is 9.59 Å². The van der Waals surface area contributed by atoms with E-state index in [-0.39, 0.29) is 35.2 Å². The minimum absolute atomic E-state index is 0.0217. The molecule has 0 aromatic heterocycles. The zero-order valence-electron chi connectivity index (χ0n) is 8.24. The Morgan fingerprint density at radius 3 is 2.69 bits per heavy atom. The molecule has 1 saturated heterocycles. The zero-order chi connectivity index (χ0) is 11.7. The Kier molecular flexibility index (Phi) is 2.63. The highest BCUT2D eigenvalue weighted by atomic mass is 35.5. The maximum atomic E-state index is 11.5. The molecule has 2 rings (SSSR count). The first-order chi connectivity index (χ1) is 7.63. The summed E-state index contributed by atoms with van der Waals surface area (Å²) in [6.07, 6.45) is -0.0998. The lowest BCUT2D eigenvalue weighted by Crippen LogP contribution is -2.25. The molecule has 0 unspecified atom stereocenters. The van der Waals surface area contributed by atoms with Crippen molar-refractivity contribution in [2.24, 2.45) is 0 Å². The summed E-state index contributed by atoms with van der Waals surface area (Å²) >= 11 is 5.85. The van der Waals surface area contributed by atoms with Crippen LogP contribution >= 0.6 is 11.6 Å². The summed E-state index contributed by atoms with van der Waals surface area (Å²) in [7, 11) is 0. The van der Waals surface area contributed by atoms with E-state index in [9.17, 15) is 9.59 Å². The van der Waals surface area contributed by atoms with Crippen LogP contribution in [0.1, 0.15) is 12.0 Å². The van der Waals surface area contributed by atoms with Crippen LogP contribution in [0.15, 0.2) is 18.2 Å². The summed E-state index contributed by atoms with van der Waals surface area (Å²) in [5, 5.41) is 9.24. The Morgan fingerprint density at radius 2 is 2.12 bits per heavy atom. The van der Waals surface area contributed by atoms with Crippen molar-refractivity contribution >= 4 is 29.0 Å². The van der Waals surface area contributed by atoms with Crippen LogP contribution in [0.2, 0.25) is 5.02 Å². The first-order valence-corrected chi connectivity index (χ1v) is 5.02. The van der Waals surface area contributed by atoms with Crippen molar-refractivity contribution in [1.82, 2.24) is 0 Å². The van der Waals surface area contributed by atoms with Crippen LogP contribution in [0.25, 0.3) is 0 Å². The number of carbonyl (C=O) groups is 2. The van der Waals surface area contributed by atoms with E-state index < -0.39 is 0 Å². The molecular formula is C11H7ClN2O2. The van der Waals surface area contributed by atoms with Crippen LogP contribution in [-0.4, -0.2) is 18.2 Å². The normalized spacial score (nSPS) is 15.4. The maximum Gasteiger partial charge on any atom is 0.234 e. The lowest BCUT2D eigenvalue weighted by molar-refractivity contribution is -0.121. The number of Topliss-reactive ketones (excluding diaryl/α,β-unsaturated/α-hetero) is 1. The molecule has 0 saturated carbocycles. The van der Waals surface area contributed by atoms with Gasteiger partial charge in [-0.1, -0.05) is 17.7 Å². The Balaban J connectivity index is 2.49. The lowest BCUT2D eigenvalue weighted by Gasteiger charge is -2.16. The number of ketones is 1. The van der Waals surface area contributed by atoms with E-state index in [0.717, 1.165) is 0 Å². The van der Waals surface area contributed by atoms with Crippen molar-refractivity contribution in [3.63, 3.8) is 0 Å². The van der Waals surface area contributed by atoms with E-state index in [1.165, 1.54) is 4.90 Å². The van der Waals surface area contributed by atoms with E-state index >= 15 is 0 Å². The van der Waals surface area contributed by atoms with Crippen LogP contribution in [0, 0.1) is 11.3 Å². The Hall–Kier alpha value is -1.86. The molecule has 80 valence electrons. The van der Waals surface area contributed by atoms with Crippen LogP contribution in [-0.2, 0) is 9.59 Å². The highest BCUT2D eigenvalue weighted by Crippen LogP contribution is 2.28. The quantitative estimate of drug-likeness (QED) is 0.692. The third kappa shape index (κ3) is 1.66. The van der Waals surface area contributed by atoms with Crippen molar-refractivity contribution < 1.29 is 9.59 Å². The molecule has 0 atom stereocenters. The number of anilines is 1. The number of rotatable bonds is 1. The second-order valence-electron chi connectivity index (χ2n) is 3.44. The summed E-state index contributed by atoms with van der Waals surface area (Å²) in [6, 6.07) is 6.77. The number of nitriles is 1. The minimum Gasteiger partial charge on any atom is -0.303 e. The first-order valence-electron chi connectivity index (χ1n) is 4.64. The summed E-state index contributed by atoms with van der Waals surface area (Å²) < 4.78 is 0. The van der Waals surface area contributed by atoms with Crippen molar-refractivity contribution in [3.05, 3.63) is 28.8 Å². The molecule has 4 nitrogen and oxygen atoms in total. The van der Waals surface area contributed by atoms with Gasteiger partial charge in [-0.05, 0) is 12.1 Å². The predicted molar refractivity (Wildman–Crippen MR) is 58.1 cm³/mol. The second-order valence-corrected chi connectivity index (χ2v) is 3.85. The van der Waals surface area contributed by atoms with Gasteiger partial charge in [-0.2, -0.15) is 5.26 Å². The van der Waals surface area contributed by atoms with Crippen LogP contribution in [0.3, 0.4) is 0 Å². The van der Waals surface area contributed by atoms with E-state index in [4.69, 9.17) is 16.9 Å². The monoisotopic (exact) mass is 234 g/mol. The summed E-state index contributed by atoms with van der Waals surface area (Å²) in [5.41, 5.74) is 0.637. The van der Waals surface area contributed by atoms with Gasteiger partial charge in [-0.15, -0.1) is 0 Å². The molecule has 0 spiro atoms. The average molecular weight is 235 g/mol. The molecular weight excluding hydrogens is 228 g/mol. The van der Waals surface area contributed by atoms with Gasteiger partial charge >= 0.3 is 0 Å². The fourth-order valence-electron chi connectivity index (χ4n) is 1.65. The molecule has 1 aliphatic rings. The van der Waals surface area contributed by atoms with Crippen molar-refractivity contribution in [2.45, 2.75) is 6.42 Å². The number of halogens is 1. The van der Waals surface area contributed by atoms with Gasteiger partial charge in [0.1, 0.15) is 6.07 Å². The standard InChI is InChI=1S/C11H7ClN2O2/c12-9-2-1-3-10(8(9)5-13)14-6-7(15)4-11(14)16/h1-3H,4,6H2. The third-order valence-corrected chi connectivity index (χ3v) is 2.69. The maximum absolute atomic E-state index is 11.5. The molecule has 5 heteroatoms. The molecule has 0 bridgehead atoms. The molecule has 0 radical (unpaired) electrons. The number of hydrogen-bond acceptors (Lipinski definition) is 3.